The topological polar surface area (TPSA) is 64.6 Å². The highest BCUT2D eigenvalue weighted by Gasteiger charge is 2.28. The second-order valence-electron chi connectivity index (χ2n) is 6.53. The third-order valence-corrected chi connectivity index (χ3v) is 4.71. The van der Waals surface area contributed by atoms with Gasteiger partial charge >= 0.3 is 6.09 Å². The molecule has 0 spiro atoms. The fourth-order valence-electron chi connectivity index (χ4n) is 3.41. The summed E-state index contributed by atoms with van der Waals surface area (Å²) in [5, 5.41) is 2.71. The van der Waals surface area contributed by atoms with Crippen molar-refractivity contribution >= 4 is 11.9 Å². The van der Waals surface area contributed by atoms with Crippen LogP contribution >= 0.6 is 0 Å². The predicted octanol–water partition coefficient (Wildman–Crippen LogP) is 3.91. The Morgan fingerprint density at radius 3 is 2.26 bits per heavy atom. The molecular formula is C22H25NO4. The van der Waals surface area contributed by atoms with Crippen molar-refractivity contribution in [1.29, 1.82) is 0 Å². The largest absolute Gasteiger partial charge is 0.449 e. The SMILES string of the molecule is CCOCC(=O)CCCNC(=O)OCC1c2ccccc2-c2ccccc21. The standard InChI is InChI=1S/C22H25NO4/c1-2-26-14-16(24)8-7-13-23-22(25)27-15-21-19-11-5-3-9-17(19)18-10-4-6-12-20(18)21/h3-6,9-12,21H,2,7-8,13-15H2,1H3,(H,23,25). The van der Waals surface area contributed by atoms with Gasteiger partial charge in [0.15, 0.2) is 5.78 Å². The van der Waals surface area contributed by atoms with E-state index >= 15 is 0 Å². The van der Waals surface area contributed by atoms with Crippen LogP contribution in [0.3, 0.4) is 0 Å². The van der Waals surface area contributed by atoms with Gasteiger partial charge in [0.25, 0.3) is 0 Å². The van der Waals surface area contributed by atoms with Crippen molar-refractivity contribution in [2.75, 3.05) is 26.4 Å². The number of alkyl carbamates (subject to hydrolysis) is 1. The zero-order chi connectivity index (χ0) is 19.1. The van der Waals surface area contributed by atoms with Crippen LogP contribution in [0.5, 0.6) is 0 Å². The van der Waals surface area contributed by atoms with Crippen molar-refractivity contribution in [3.8, 4) is 11.1 Å². The van der Waals surface area contributed by atoms with Gasteiger partial charge in [0, 0.05) is 25.5 Å². The predicted molar refractivity (Wildman–Crippen MR) is 104 cm³/mol. The van der Waals surface area contributed by atoms with E-state index in [4.69, 9.17) is 9.47 Å². The maximum Gasteiger partial charge on any atom is 0.407 e. The molecule has 1 N–H and O–H groups in total. The molecule has 5 heteroatoms. The van der Waals surface area contributed by atoms with E-state index in [1.165, 1.54) is 22.3 Å². The van der Waals surface area contributed by atoms with Crippen LogP contribution in [0.15, 0.2) is 48.5 Å². The molecule has 3 rings (SSSR count). The minimum atomic E-state index is -0.450. The Morgan fingerprint density at radius 1 is 1.00 bits per heavy atom. The summed E-state index contributed by atoms with van der Waals surface area (Å²) in [6.07, 6.45) is 0.522. The first-order valence-corrected chi connectivity index (χ1v) is 9.39. The van der Waals surface area contributed by atoms with Crippen molar-refractivity contribution < 1.29 is 19.1 Å². The third-order valence-electron chi connectivity index (χ3n) is 4.71. The van der Waals surface area contributed by atoms with Crippen LogP contribution in [0, 0.1) is 0 Å². The van der Waals surface area contributed by atoms with Crippen LogP contribution in [0.1, 0.15) is 36.8 Å². The lowest BCUT2D eigenvalue weighted by atomic mass is 9.98. The van der Waals surface area contributed by atoms with E-state index < -0.39 is 6.09 Å². The molecule has 1 aliphatic carbocycles. The fraction of sp³-hybridized carbons (Fsp3) is 0.364. The molecule has 2 aromatic rings. The van der Waals surface area contributed by atoms with Gasteiger partial charge in [-0.05, 0) is 35.6 Å². The van der Waals surface area contributed by atoms with Crippen molar-refractivity contribution in [1.82, 2.24) is 5.32 Å². The van der Waals surface area contributed by atoms with Gasteiger partial charge in [0.2, 0.25) is 0 Å². The van der Waals surface area contributed by atoms with Crippen molar-refractivity contribution in [2.24, 2.45) is 0 Å². The zero-order valence-electron chi connectivity index (χ0n) is 15.6. The van der Waals surface area contributed by atoms with Gasteiger partial charge in [0.05, 0.1) is 0 Å². The highest BCUT2D eigenvalue weighted by Crippen LogP contribution is 2.44. The Balaban J connectivity index is 1.47. The van der Waals surface area contributed by atoms with E-state index in [0.717, 1.165) is 0 Å². The molecule has 2 aromatic carbocycles. The van der Waals surface area contributed by atoms with E-state index in [-0.39, 0.29) is 18.3 Å². The van der Waals surface area contributed by atoms with E-state index in [9.17, 15) is 9.59 Å². The molecule has 0 aliphatic heterocycles. The second-order valence-corrected chi connectivity index (χ2v) is 6.53. The molecule has 0 saturated carbocycles. The summed E-state index contributed by atoms with van der Waals surface area (Å²) in [6, 6.07) is 16.5. The molecule has 0 radical (unpaired) electrons. The summed E-state index contributed by atoms with van der Waals surface area (Å²) in [4.78, 5) is 23.5. The summed E-state index contributed by atoms with van der Waals surface area (Å²) in [7, 11) is 0. The smallest absolute Gasteiger partial charge is 0.407 e. The van der Waals surface area contributed by atoms with Crippen LogP contribution in [0.4, 0.5) is 4.79 Å². The lowest BCUT2D eigenvalue weighted by Gasteiger charge is -2.14. The summed E-state index contributed by atoms with van der Waals surface area (Å²) in [5.74, 6) is 0.0992. The third kappa shape index (κ3) is 4.74. The number of nitrogens with one attached hydrogen (secondary N) is 1. The zero-order valence-corrected chi connectivity index (χ0v) is 15.6. The molecule has 0 atom stereocenters. The molecule has 0 fully saturated rings. The van der Waals surface area contributed by atoms with Crippen LogP contribution < -0.4 is 5.32 Å². The van der Waals surface area contributed by atoms with E-state index in [0.29, 0.717) is 32.6 Å². The first kappa shape index (κ1) is 19.1. The van der Waals surface area contributed by atoms with E-state index in [2.05, 4.69) is 29.6 Å². The van der Waals surface area contributed by atoms with Crippen molar-refractivity contribution in [2.45, 2.75) is 25.7 Å². The minimum absolute atomic E-state index is 0.0474. The Labute approximate surface area is 159 Å². The number of hydrogen-bond acceptors (Lipinski definition) is 4. The second kappa shape index (κ2) is 9.33. The minimum Gasteiger partial charge on any atom is -0.449 e. The van der Waals surface area contributed by atoms with Crippen molar-refractivity contribution in [3.63, 3.8) is 0 Å². The maximum absolute atomic E-state index is 12.0. The number of ether oxygens (including phenoxy) is 2. The number of rotatable bonds is 9. The molecule has 27 heavy (non-hydrogen) atoms. The Bertz CT molecular complexity index is 757. The molecule has 0 saturated heterocycles. The molecule has 0 unspecified atom stereocenters. The summed E-state index contributed by atoms with van der Waals surface area (Å²) in [5.41, 5.74) is 4.78. The van der Waals surface area contributed by atoms with Crippen LogP contribution in [-0.2, 0) is 14.3 Å². The molecule has 1 amide bonds. The number of carbonyl (C=O) groups excluding carboxylic acids is 2. The molecule has 0 bridgehead atoms. The van der Waals surface area contributed by atoms with Crippen LogP contribution in [0.25, 0.3) is 11.1 Å². The number of fused-ring (bicyclic) bond motifs is 3. The van der Waals surface area contributed by atoms with Crippen LogP contribution in [0.2, 0.25) is 0 Å². The summed E-state index contributed by atoms with van der Waals surface area (Å²) < 4.78 is 10.5. The normalized spacial score (nSPS) is 12.3. The quantitative estimate of drug-likeness (QED) is 0.683. The number of Topliss-reactive ketones (excluding diaryl/α,β-unsaturated/α-hetero) is 1. The monoisotopic (exact) mass is 367 g/mol. The highest BCUT2D eigenvalue weighted by molar-refractivity contribution is 5.80. The van der Waals surface area contributed by atoms with Crippen LogP contribution in [-0.4, -0.2) is 38.2 Å². The number of ketones is 1. The Kier molecular flexibility index (Phi) is 6.60. The number of amides is 1. The van der Waals surface area contributed by atoms with Gasteiger partial charge < -0.3 is 14.8 Å². The number of carbonyl (C=O) groups is 2. The maximum atomic E-state index is 12.0. The summed E-state index contributed by atoms with van der Waals surface area (Å²) in [6.45, 7) is 3.23. The lowest BCUT2D eigenvalue weighted by Crippen LogP contribution is -2.27. The average Bonchev–Trinajstić information content (AvgIpc) is 3.02. The molecule has 142 valence electrons. The number of benzene rings is 2. The van der Waals surface area contributed by atoms with Gasteiger partial charge in [-0.3, -0.25) is 4.79 Å². The first-order valence-electron chi connectivity index (χ1n) is 9.39. The fourth-order valence-corrected chi connectivity index (χ4v) is 3.41. The molecular weight excluding hydrogens is 342 g/mol. The van der Waals surface area contributed by atoms with E-state index in [1.807, 2.05) is 31.2 Å². The van der Waals surface area contributed by atoms with Gasteiger partial charge in [-0.2, -0.15) is 0 Å². The van der Waals surface area contributed by atoms with Gasteiger partial charge in [0.1, 0.15) is 13.2 Å². The summed E-state index contributed by atoms with van der Waals surface area (Å²) >= 11 is 0. The van der Waals surface area contributed by atoms with Gasteiger partial charge in [-0.1, -0.05) is 48.5 Å². The van der Waals surface area contributed by atoms with Gasteiger partial charge in [-0.25, -0.2) is 4.79 Å². The first-order chi connectivity index (χ1) is 13.2. The molecule has 0 heterocycles. The van der Waals surface area contributed by atoms with Gasteiger partial charge in [-0.15, -0.1) is 0 Å². The average molecular weight is 367 g/mol. The molecule has 5 nitrogen and oxygen atoms in total. The van der Waals surface area contributed by atoms with E-state index in [1.54, 1.807) is 0 Å². The number of hydrogen-bond donors (Lipinski definition) is 1. The Morgan fingerprint density at radius 2 is 1.63 bits per heavy atom. The van der Waals surface area contributed by atoms with Crippen molar-refractivity contribution in [3.05, 3.63) is 59.7 Å². The molecule has 0 aromatic heterocycles. The molecule has 1 aliphatic rings. The Hall–Kier alpha value is -2.66. The lowest BCUT2D eigenvalue weighted by molar-refractivity contribution is -0.123. The highest BCUT2D eigenvalue weighted by atomic mass is 16.5.